The van der Waals surface area contributed by atoms with Crippen molar-refractivity contribution in [1.29, 1.82) is 0 Å². The van der Waals surface area contributed by atoms with Crippen molar-refractivity contribution in [1.82, 2.24) is 10.3 Å². The zero-order valence-corrected chi connectivity index (χ0v) is 18.7. The number of hydrogen-bond donors (Lipinski definition) is 1. The SMILES string of the molecule is O=C1CC(F)=C(c2c(F)cccc2F)N=C1C(=O)N(c1cccnc1)C1CCC2NCCCC2O1. The third-order valence-corrected chi connectivity index (χ3v) is 6.47. The highest BCUT2D eigenvalue weighted by Crippen LogP contribution is 2.34. The lowest BCUT2D eigenvalue weighted by atomic mass is 9.93. The van der Waals surface area contributed by atoms with Crippen LogP contribution in [0.2, 0.25) is 0 Å². The van der Waals surface area contributed by atoms with Crippen LogP contribution >= 0.6 is 0 Å². The molecule has 3 atom stereocenters. The number of allylic oxidation sites excluding steroid dienone is 1. The van der Waals surface area contributed by atoms with Gasteiger partial charge in [0.25, 0.3) is 5.91 Å². The summed E-state index contributed by atoms with van der Waals surface area (Å²) in [6.45, 7) is 0.902. The van der Waals surface area contributed by atoms with Crippen LogP contribution in [-0.4, -0.2) is 47.3 Å². The highest BCUT2D eigenvalue weighted by molar-refractivity contribution is 6.69. The molecule has 1 amide bonds. The quantitative estimate of drug-likeness (QED) is 0.716. The summed E-state index contributed by atoms with van der Waals surface area (Å²) in [7, 11) is 0. The van der Waals surface area contributed by atoms with E-state index in [9.17, 15) is 22.8 Å². The number of nitrogens with zero attached hydrogens (tertiary/aromatic N) is 3. The van der Waals surface area contributed by atoms with Crippen LogP contribution in [0.1, 0.15) is 37.7 Å². The van der Waals surface area contributed by atoms with Gasteiger partial charge in [0, 0.05) is 12.2 Å². The number of carbonyl (C=O) groups is 2. The number of Topliss-reactive ketones (excluding diaryl/α,β-unsaturated/α-hetero) is 1. The van der Waals surface area contributed by atoms with Crippen molar-refractivity contribution >= 4 is 28.8 Å². The highest BCUT2D eigenvalue weighted by Gasteiger charge is 2.41. The highest BCUT2D eigenvalue weighted by atomic mass is 19.1. The smallest absolute Gasteiger partial charge is 0.282 e. The van der Waals surface area contributed by atoms with E-state index in [1.807, 2.05) is 0 Å². The van der Waals surface area contributed by atoms with E-state index in [4.69, 9.17) is 4.74 Å². The number of piperidine rings is 1. The molecule has 3 aliphatic heterocycles. The van der Waals surface area contributed by atoms with E-state index in [1.165, 1.54) is 17.3 Å². The Balaban J connectivity index is 1.53. The number of fused-ring (bicyclic) bond motifs is 1. The first-order chi connectivity index (χ1) is 16.9. The minimum absolute atomic E-state index is 0.112. The molecule has 1 N–H and O–H groups in total. The van der Waals surface area contributed by atoms with Gasteiger partial charge in [0.2, 0.25) is 0 Å². The second-order valence-corrected chi connectivity index (χ2v) is 8.71. The van der Waals surface area contributed by atoms with Gasteiger partial charge in [-0.15, -0.1) is 0 Å². The van der Waals surface area contributed by atoms with Crippen LogP contribution in [0.15, 0.2) is 53.5 Å². The summed E-state index contributed by atoms with van der Waals surface area (Å²) in [6, 6.07) is 6.49. The Kier molecular flexibility index (Phi) is 6.48. The predicted octanol–water partition coefficient (Wildman–Crippen LogP) is 3.70. The molecule has 1 aromatic heterocycles. The number of hydrogen-bond acceptors (Lipinski definition) is 6. The lowest BCUT2D eigenvalue weighted by molar-refractivity contribution is -0.122. The fraction of sp³-hybridized carbons (Fsp3) is 0.360. The number of amides is 1. The van der Waals surface area contributed by atoms with E-state index in [2.05, 4.69) is 15.3 Å². The maximum absolute atomic E-state index is 14.7. The number of carbonyl (C=O) groups excluding carboxylic acids is 2. The summed E-state index contributed by atoms with van der Waals surface area (Å²) in [5.74, 6) is -4.91. The van der Waals surface area contributed by atoms with Crippen LogP contribution in [0.25, 0.3) is 5.70 Å². The van der Waals surface area contributed by atoms with Gasteiger partial charge >= 0.3 is 0 Å². The van der Waals surface area contributed by atoms with E-state index in [-0.39, 0.29) is 12.1 Å². The minimum Gasteiger partial charge on any atom is -0.353 e. The second kappa shape index (κ2) is 9.71. The molecule has 182 valence electrons. The van der Waals surface area contributed by atoms with Gasteiger partial charge in [0.05, 0.1) is 30.0 Å². The number of ether oxygens (including phenoxy) is 1. The summed E-state index contributed by atoms with van der Waals surface area (Å²) in [5.41, 5.74) is -1.66. The van der Waals surface area contributed by atoms with Crippen LogP contribution in [0.5, 0.6) is 0 Å². The number of aliphatic imine (C=N–C) groups is 1. The molecule has 5 rings (SSSR count). The van der Waals surface area contributed by atoms with Crippen LogP contribution in [-0.2, 0) is 14.3 Å². The molecule has 0 spiro atoms. The normalized spacial score (nSPS) is 24.6. The number of pyridine rings is 1. The molecule has 0 radical (unpaired) electrons. The molecule has 7 nitrogen and oxygen atoms in total. The Morgan fingerprint density at radius 1 is 1.09 bits per heavy atom. The molecule has 2 fully saturated rings. The van der Waals surface area contributed by atoms with Gasteiger partial charge in [-0.1, -0.05) is 6.07 Å². The van der Waals surface area contributed by atoms with Crippen LogP contribution in [0.3, 0.4) is 0 Å². The molecule has 35 heavy (non-hydrogen) atoms. The summed E-state index contributed by atoms with van der Waals surface area (Å²) >= 11 is 0. The zero-order valence-electron chi connectivity index (χ0n) is 18.7. The number of aromatic nitrogens is 1. The fourth-order valence-electron chi connectivity index (χ4n) is 4.81. The number of anilines is 1. The first kappa shape index (κ1) is 23.4. The monoisotopic (exact) mass is 484 g/mol. The van der Waals surface area contributed by atoms with E-state index >= 15 is 0 Å². The Labute approximate surface area is 199 Å². The third-order valence-electron chi connectivity index (χ3n) is 6.47. The molecule has 4 heterocycles. The number of benzene rings is 1. The molecule has 10 heteroatoms. The Morgan fingerprint density at radius 3 is 2.63 bits per heavy atom. The van der Waals surface area contributed by atoms with Crippen LogP contribution in [0, 0.1) is 11.6 Å². The average Bonchev–Trinajstić information content (AvgIpc) is 2.86. The Hall–Kier alpha value is -3.37. The first-order valence-corrected chi connectivity index (χ1v) is 11.5. The van der Waals surface area contributed by atoms with Crippen LogP contribution in [0.4, 0.5) is 18.9 Å². The first-order valence-electron chi connectivity index (χ1n) is 11.5. The molecule has 2 saturated heterocycles. The molecule has 2 aromatic rings. The van der Waals surface area contributed by atoms with Crippen LogP contribution < -0.4 is 10.2 Å². The molecular weight excluding hydrogens is 461 g/mol. The number of rotatable bonds is 4. The standard InChI is InChI=1S/C25H23F3N4O3/c26-15-5-1-6-16(27)22(15)23-17(28)12-19(33)24(31-23)25(34)32(14-4-2-10-29-13-14)21-9-8-18-20(35-21)7-3-11-30-18/h1-2,4-6,10,13,18,20-21,30H,3,7-9,11-12H2. The molecule has 3 aliphatic rings. The van der Waals surface area contributed by atoms with Gasteiger partial charge in [0.1, 0.15) is 29.4 Å². The van der Waals surface area contributed by atoms with Gasteiger partial charge in [-0.2, -0.15) is 0 Å². The second-order valence-electron chi connectivity index (χ2n) is 8.71. The minimum atomic E-state index is -1.10. The maximum Gasteiger partial charge on any atom is 0.282 e. The lowest BCUT2D eigenvalue weighted by Crippen LogP contribution is -2.57. The van der Waals surface area contributed by atoms with Crippen molar-refractivity contribution in [3.63, 3.8) is 0 Å². The zero-order chi connectivity index (χ0) is 24.5. The fourth-order valence-corrected chi connectivity index (χ4v) is 4.81. The van der Waals surface area contributed by atoms with Gasteiger partial charge < -0.3 is 10.1 Å². The molecule has 1 aromatic carbocycles. The third kappa shape index (κ3) is 4.51. The van der Waals surface area contributed by atoms with Crippen molar-refractivity contribution < 1.29 is 27.5 Å². The number of ketones is 1. The summed E-state index contributed by atoms with van der Waals surface area (Å²) < 4.78 is 49.7. The molecular formula is C25H23F3N4O3. The molecule has 0 saturated carbocycles. The van der Waals surface area contributed by atoms with Gasteiger partial charge in [-0.3, -0.25) is 19.5 Å². The Bertz CT molecular complexity index is 1200. The summed E-state index contributed by atoms with van der Waals surface area (Å²) in [4.78, 5) is 35.7. The molecule has 3 unspecified atom stereocenters. The maximum atomic E-state index is 14.7. The van der Waals surface area contributed by atoms with Crippen molar-refractivity contribution in [3.05, 3.63) is 65.8 Å². The number of halogens is 3. The van der Waals surface area contributed by atoms with Gasteiger partial charge in [-0.25, -0.2) is 18.2 Å². The largest absolute Gasteiger partial charge is 0.353 e. The molecule has 0 aliphatic carbocycles. The molecule has 0 bridgehead atoms. The van der Waals surface area contributed by atoms with E-state index < -0.39 is 58.8 Å². The Morgan fingerprint density at radius 2 is 1.89 bits per heavy atom. The van der Waals surface area contributed by atoms with Crippen molar-refractivity contribution in [3.8, 4) is 0 Å². The van der Waals surface area contributed by atoms with Crippen molar-refractivity contribution in [2.45, 2.75) is 50.5 Å². The lowest BCUT2D eigenvalue weighted by Gasteiger charge is -2.43. The predicted molar refractivity (Wildman–Crippen MR) is 122 cm³/mol. The van der Waals surface area contributed by atoms with E-state index in [0.717, 1.165) is 44.0 Å². The van der Waals surface area contributed by atoms with E-state index in [1.54, 1.807) is 12.1 Å². The van der Waals surface area contributed by atoms with Crippen molar-refractivity contribution in [2.75, 3.05) is 11.4 Å². The van der Waals surface area contributed by atoms with Gasteiger partial charge in [-0.05, 0) is 56.5 Å². The number of nitrogens with one attached hydrogen (secondary N) is 1. The van der Waals surface area contributed by atoms with Gasteiger partial charge in [0.15, 0.2) is 11.5 Å². The summed E-state index contributed by atoms with van der Waals surface area (Å²) in [5, 5.41) is 3.42. The van der Waals surface area contributed by atoms with Crippen molar-refractivity contribution in [2.24, 2.45) is 4.99 Å². The average molecular weight is 484 g/mol. The topological polar surface area (TPSA) is 83.9 Å². The summed E-state index contributed by atoms with van der Waals surface area (Å²) in [6.07, 6.45) is 4.33. The van der Waals surface area contributed by atoms with E-state index in [0.29, 0.717) is 12.1 Å².